The molecule has 288 valence electrons. The lowest BCUT2D eigenvalue weighted by Crippen LogP contribution is -2.41. The quantitative estimate of drug-likeness (QED) is 0.263. The molecule has 2 aromatic rings. The standard InChI is InChI=1S/C43H56N12/c1-10-46-42(53(9)12-3)37-30(44)18-15-17-29(40-48-28(6)27-55(40)14-5)31-21-22-34(49-31)38(41(45-7)52(8)11-2)35-23-24-36(51-35)39(33-20-16-19-32(37)50-33)43-47-25-26-54(43)13-4/h10,15-16,18-26,28,32,50-51H,1,11-14,17,27,44H2,2-9H3. The van der Waals surface area contributed by atoms with Gasteiger partial charge < -0.3 is 35.3 Å². The topological polar surface area (TPSA) is 131 Å². The Hall–Kier alpha value is -5.91. The van der Waals surface area contributed by atoms with Crippen LogP contribution in [0, 0.1) is 0 Å². The third-order valence-electron chi connectivity index (χ3n) is 10.4. The maximum absolute atomic E-state index is 7.14. The van der Waals surface area contributed by atoms with Gasteiger partial charge in [0.1, 0.15) is 23.3 Å². The van der Waals surface area contributed by atoms with Crippen molar-refractivity contribution in [1.82, 2.24) is 34.6 Å². The van der Waals surface area contributed by atoms with Crippen LogP contribution in [0.5, 0.6) is 0 Å². The Bertz CT molecular complexity index is 2240. The van der Waals surface area contributed by atoms with Crippen LogP contribution in [0.1, 0.15) is 46.9 Å². The number of nitrogens with two attached hydrogens (primary N) is 1. The Morgan fingerprint density at radius 2 is 1.82 bits per heavy atom. The molecule has 6 bridgehead atoms. The highest BCUT2D eigenvalue weighted by Gasteiger charge is 2.30. The van der Waals surface area contributed by atoms with Crippen molar-refractivity contribution in [2.75, 3.05) is 47.3 Å². The van der Waals surface area contributed by atoms with Gasteiger partial charge in [0.2, 0.25) is 0 Å². The van der Waals surface area contributed by atoms with Gasteiger partial charge in [-0.25, -0.2) is 15.0 Å². The second-order valence-electron chi connectivity index (χ2n) is 13.9. The van der Waals surface area contributed by atoms with Crippen LogP contribution >= 0.6 is 0 Å². The molecule has 2 atom stereocenters. The number of allylic oxidation sites excluding steroid dienone is 7. The zero-order chi connectivity index (χ0) is 39.2. The lowest BCUT2D eigenvalue weighted by molar-refractivity contribution is 0.452. The van der Waals surface area contributed by atoms with E-state index in [0.717, 1.165) is 106 Å². The van der Waals surface area contributed by atoms with Gasteiger partial charge >= 0.3 is 0 Å². The predicted octanol–water partition coefficient (Wildman–Crippen LogP) is 4.03. The second-order valence-corrected chi connectivity index (χ2v) is 13.9. The molecule has 0 radical (unpaired) electrons. The summed E-state index contributed by atoms with van der Waals surface area (Å²) >= 11 is 0. The highest BCUT2D eigenvalue weighted by molar-refractivity contribution is 6.47. The molecule has 4 aliphatic rings. The molecule has 0 saturated heterocycles. The van der Waals surface area contributed by atoms with E-state index < -0.39 is 0 Å². The van der Waals surface area contributed by atoms with Gasteiger partial charge in [-0.15, -0.1) is 0 Å². The van der Waals surface area contributed by atoms with Crippen LogP contribution in [0.25, 0.3) is 11.1 Å². The SMILES string of the molecule is C=CN=C(C1=C(N)C=CCC(C2=NC(C)CN2CC)=C2C=CC(=N2)C(C(=NC)N(C)CC)=c2ccc([nH]2)=C(c2nccn2CC)C2=CC=CC1N2)N(C)CC. The van der Waals surface area contributed by atoms with Gasteiger partial charge in [0.25, 0.3) is 0 Å². The van der Waals surface area contributed by atoms with Gasteiger partial charge in [-0.05, 0) is 77.5 Å². The number of dihydropyridines is 1. The number of aromatic amines is 1. The van der Waals surface area contributed by atoms with Gasteiger partial charge in [0, 0.05) is 95.0 Å². The number of H-pyrrole nitrogens is 1. The Morgan fingerprint density at radius 1 is 1.05 bits per heavy atom. The van der Waals surface area contributed by atoms with Gasteiger partial charge in [0.05, 0.1) is 45.3 Å². The normalized spacial score (nSPS) is 20.5. The number of fused-ring (bicyclic) bond motifs is 5. The van der Waals surface area contributed by atoms with E-state index in [9.17, 15) is 0 Å². The van der Waals surface area contributed by atoms with Gasteiger partial charge in [-0.2, -0.15) is 0 Å². The number of hydrogen-bond acceptors (Lipinski definition) is 8. The van der Waals surface area contributed by atoms with Gasteiger partial charge in [-0.3, -0.25) is 9.98 Å². The van der Waals surface area contributed by atoms with Crippen molar-refractivity contribution in [2.45, 2.75) is 59.7 Å². The van der Waals surface area contributed by atoms with Crippen LogP contribution in [-0.4, -0.2) is 112 Å². The summed E-state index contributed by atoms with van der Waals surface area (Å²) in [6.45, 7) is 18.6. The third kappa shape index (κ3) is 7.71. The summed E-state index contributed by atoms with van der Waals surface area (Å²) in [4.78, 5) is 35.4. The Balaban J connectivity index is 1.72. The first-order valence-corrected chi connectivity index (χ1v) is 19.4. The van der Waals surface area contributed by atoms with E-state index in [2.05, 4.69) is 126 Å². The zero-order valence-corrected chi connectivity index (χ0v) is 33.6. The predicted molar refractivity (Wildman–Crippen MR) is 228 cm³/mol. The van der Waals surface area contributed by atoms with E-state index in [-0.39, 0.29) is 12.1 Å². The average Bonchev–Trinajstić information content (AvgIpc) is 4.03. The van der Waals surface area contributed by atoms with Gasteiger partial charge in [0.15, 0.2) is 0 Å². The molecule has 55 heavy (non-hydrogen) atoms. The molecule has 0 fully saturated rings. The molecule has 0 saturated carbocycles. The first-order valence-electron chi connectivity index (χ1n) is 19.4. The van der Waals surface area contributed by atoms with Crippen molar-refractivity contribution >= 4 is 34.4 Å². The molecule has 12 heteroatoms. The van der Waals surface area contributed by atoms with Crippen LogP contribution in [0.15, 0.2) is 128 Å². The minimum atomic E-state index is -0.320. The molecule has 0 amide bonds. The van der Waals surface area contributed by atoms with E-state index in [0.29, 0.717) is 12.1 Å². The number of imidazole rings is 1. The van der Waals surface area contributed by atoms with Crippen molar-refractivity contribution in [2.24, 2.45) is 25.7 Å². The summed E-state index contributed by atoms with van der Waals surface area (Å²) in [6, 6.07) is 4.10. The summed E-state index contributed by atoms with van der Waals surface area (Å²) in [6.07, 6.45) is 20.6. The van der Waals surface area contributed by atoms with Crippen molar-refractivity contribution in [1.29, 1.82) is 0 Å². The summed E-state index contributed by atoms with van der Waals surface area (Å²) in [7, 11) is 5.93. The molecule has 0 spiro atoms. The highest BCUT2D eigenvalue weighted by atomic mass is 15.3. The fourth-order valence-corrected chi connectivity index (χ4v) is 7.43. The molecular formula is C43H56N12. The molecule has 6 rings (SSSR count). The van der Waals surface area contributed by atoms with E-state index in [1.54, 1.807) is 6.20 Å². The molecule has 0 aliphatic carbocycles. The largest absolute Gasteiger partial charge is 0.398 e. The van der Waals surface area contributed by atoms with Crippen molar-refractivity contribution < 1.29 is 0 Å². The van der Waals surface area contributed by atoms with Crippen LogP contribution in [0.3, 0.4) is 0 Å². The summed E-state index contributed by atoms with van der Waals surface area (Å²) in [5.74, 6) is 3.39. The average molecular weight is 741 g/mol. The molecule has 12 nitrogen and oxygen atoms in total. The first kappa shape index (κ1) is 38.8. The minimum absolute atomic E-state index is 0.181. The van der Waals surface area contributed by atoms with E-state index in [4.69, 9.17) is 30.7 Å². The maximum Gasteiger partial charge on any atom is 0.144 e. The number of nitrogens with one attached hydrogen (secondary N) is 2. The second kappa shape index (κ2) is 17.0. The lowest BCUT2D eigenvalue weighted by Gasteiger charge is -2.30. The summed E-state index contributed by atoms with van der Waals surface area (Å²) < 4.78 is 2.15. The lowest BCUT2D eigenvalue weighted by atomic mass is 9.96. The van der Waals surface area contributed by atoms with Crippen molar-refractivity contribution in [3.05, 3.63) is 125 Å². The summed E-state index contributed by atoms with van der Waals surface area (Å²) in [5.41, 5.74) is 14.1. The number of aliphatic imine (C=N–C) groups is 4. The molecule has 0 aromatic carbocycles. The van der Waals surface area contributed by atoms with E-state index in [1.165, 1.54) is 0 Å². The highest BCUT2D eigenvalue weighted by Crippen LogP contribution is 2.28. The molecule has 4 N–H and O–H groups in total. The maximum atomic E-state index is 7.14. The fraction of sp³-hybridized carbons (Fsp3) is 0.372. The number of amidine groups is 3. The number of likely N-dealkylation sites (N-methyl/N-ethyl adjacent to an activating group) is 2. The third-order valence-corrected chi connectivity index (χ3v) is 10.4. The number of aromatic nitrogens is 3. The molecule has 6 heterocycles. The number of aryl methyl sites for hydroxylation is 1. The molecule has 4 aliphatic heterocycles. The van der Waals surface area contributed by atoms with Crippen LogP contribution in [0.2, 0.25) is 0 Å². The number of nitrogens with zero attached hydrogens (tertiary/aromatic N) is 9. The van der Waals surface area contributed by atoms with Crippen LogP contribution < -0.4 is 21.7 Å². The first-order chi connectivity index (χ1) is 26.7. The van der Waals surface area contributed by atoms with Crippen LogP contribution in [-0.2, 0) is 6.54 Å². The fourth-order valence-electron chi connectivity index (χ4n) is 7.43. The Kier molecular flexibility index (Phi) is 12.0. The molecule has 2 unspecified atom stereocenters. The number of rotatable bonds is 9. The van der Waals surface area contributed by atoms with Crippen molar-refractivity contribution in [3.8, 4) is 0 Å². The van der Waals surface area contributed by atoms with E-state index in [1.807, 2.05) is 32.6 Å². The molecular weight excluding hydrogens is 685 g/mol. The zero-order valence-electron chi connectivity index (χ0n) is 33.6. The van der Waals surface area contributed by atoms with Crippen LogP contribution in [0.4, 0.5) is 0 Å². The van der Waals surface area contributed by atoms with E-state index >= 15 is 0 Å². The minimum Gasteiger partial charge on any atom is -0.398 e. The Morgan fingerprint density at radius 3 is 2.53 bits per heavy atom. The Labute approximate surface area is 325 Å². The smallest absolute Gasteiger partial charge is 0.144 e. The summed E-state index contributed by atoms with van der Waals surface area (Å²) in [5, 5.41) is 5.65. The van der Waals surface area contributed by atoms with Crippen molar-refractivity contribution in [3.63, 3.8) is 0 Å². The molecule has 2 aromatic heterocycles. The monoisotopic (exact) mass is 740 g/mol. The number of hydrogen-bond donors (Lipinski definition) is 3. The van der Waals surface area contributed by atoms with Gasteiger partial charge in [-0.1, -0.05) is 24.8 Å².